The first-order chi connectivity index (χ1) is 8.30. The molecule has 3 atom stereocenters. The van der Waals surface area contributed by atoms with Crippen LogP contribution >= 0.6 is 0 Å². The zero-order chi connectivity index (χ0) is 12.3. The molecule has 88 valence electrons. The predicted molar refractivity (Wildman–Crippen MR) is 67.1 cm³/mol. The Hall–Kier alpha value is -1.33. The zero-order valence-electron chi connectivity index (χ0n) is 10.1. The molecule has 0 heterocycles. The van der Waals surface area contributed by atoms with E-state index >= 15 is 0 Å². The van der Waals surface area contributed by atoms with E-state index in [-0.39, 0.29) is 6.10 Å². The second-order valence-corrected chi connectivity index (χ2v) is 4.48. The van der Waals surface area contributed by atoms with Gasteiger partial charge in [-0.1, -0.05) is 19.1 Å². The van der Waals surface area contributed by atoms with E-state index in [1.54, 1.807) is 7.11 Å². The second-order valence-electron chi connectivity index (χ2n) is 4.48. The Balaban J connectivity index is 2.19. The molecule has 0 N–H and O–H groups in total. The summed E-state index contributed by atoms with van der Waals surface area (Å²) in [6.45, 7) is 3.98. The zero-order valence-corrected chi connectivity index (χ0v) is 10.1. The average molecular weight is 227 g/mol. The van der Waals surface area contributed by atoms with Crippen molar-refractivity contribution in [1.82, 2.24) is 0 Å². The highest BCUT2D eigenvalue weighted by Gasteiger charge is 2.36. The second kappa shape index (κ2) is 5.33. The van der Waals surface area contributed by atoms with Crippen LogP contribution in [0.3, 0.4) is 0 Å². The number of hydrogen-bond donors (Lipinski definition) is 0. The molecule has 0 spiro atoms. The molecule has 0 bridgehead atoms. The van der Waals surface area contributed by atoms with Gasteiger partial charge in [-0.3, -0.25) is 0 Å². The minimum absolute atomic E-state index is 0.223. The van der Waals surface area contributed by atoms with E-state index in [0.717, 1.165) is 12.8 Å². The number of ether oxygens (including phenoxy) is 1. The summed E-state index contributed by atoms with van der Waals surface area (Å²) in [6.07, 6.45) is 4.50. The highest BCUT2D eigenvalue weighted by Crippen LogP contribution is 2.40. The van der Waals surface area contributed by atoms with Gasteiger partial charge in [0.2, 0.25) is 0 Å². The smallest absolute Gasteiger partial charge is 0.0991 e. The molecule has 1 aliphatic carbocycles. The molecule has 1 aromatic carbocycles. The first-order valence-corrected chi connectivity index (χ1v) is 5.95. The molecule has 0 aliphatic heterocycles. The molecule has 0 saturated heterocycles. The molecular formula is C15H17NO. The fraction of sp³-hybridized carbons (Fsp3) is 0.400. The maximum absolute atomic E-state index is 8.78. The van der Waals surface area contributed by atoms with Crippen molar-refractivity contribution < 1.29 is 4.74 Å². The van der Waals surface area contributed by atoms with Crippen molar-refractivity contribution in [1.29, 1.82) is 5.26 Å². The Morgan fingerprint density at radius 1 is 1.41 bits per heavy atom. The molecule has 0 aromatic heterocycles. The first-order valence-electron chi connectivity index (χ1n) is 5.95. The van der Waals surface area contributed by atoms with E-state index in [4.69, 9.17) is 10.00 Å². The lowest BCUT2D eigenvalue weighted by Gasteiger charge is -2.23. The molecule has 2 heteroatoms. The van der Waals surface area contributed by atoms with Gasteiger partial charge < -0.3 is 4.74 Å². The number of hydrogen-bond acceptors (Lipinski definition) is 2. The molecule has 17 heavy (non-hydrogen) atoms. The van der Waals surface area contributed by atoms with Gasteiger partial charge in [-0.15, -0.1) is 0 Å². The predicted octanol–water partition coefficient (Wildman–Crippen LogP) is 3.11. The van der Waals surface area contributed by atoms with Gasteiger partial charge in [-0.2, -0.15) is 5.26 Å². The largest absolute Gasteiger partial charge is 0.381 e. The van der Waals surface area contributed by atoms with Crippen LogP contribution in [-0.4, -0.2) is 13.2 Å². The fourth-order valence-corrected chi connectivity index (χ4v) is 2.61. The van der Waals surface area contributed by atoms with Crippen molar-refractivity contribution in [3.8, 4) is 6.07 Å². The summed E-state index contributed by atoms with van der Waals surface area (Å²) in [5.41, 5.74) is 1.93. The van der Waals surface area contributed by atoms with E-state index in [2.05, 4.69) is 19.4 Å². The van der Waals surface area contributed by atoms with Gasteiger partial charge in [-0.25, -0.2) is 0 Å². The Labute approximate surface area is 103 Å². The minimum Gasteiger partial charge on any atom is -0.381 e. The van der Waals surface area contributed by atoms with E-state index in [0.29, 0.717) is 17.4 Å². The Morgan fingerprint density at radius 2 is 2.12 bits per heavy atom. The van der Waals surface area contributed by atoms with Gasteiger partial charge in [0.1, 0.15) is 0 Å². The van der Waals surface area contributed by atoms with Crippen molar-refractivity contribution in [2.24, 2.45) is 5.92 Å². The summed E-state index contributed by atoms with van der Waals surface area (Å²) in [7, 11) is 1.77. The number of nitrogens with zero attached hydrogens (tertiary/aromatic N) is 1. The van der Waals surface area contributed by atoms with Crippen molar-refractivity contribution in [3.05, 3.63) is 48.7 Å². The fourth-order valence-electron chi connectivity index (χ4n) is 2.61. The summed E-state index contributed by atoms with van der Waals surface area (Å²) >= 11 is 0. The van der Waals surface area contributed by atoms with E-state index in [1.807, 2.05) is 24.3 Å². The van der Waals surface area contributed by atoms with Crippen LogP contribution in [0.2, 0.25) is 0 Å². The van der Waals surface area contributed by atoms with Crippen LogP contribution in [-0.2, 0) is 4.74 Å². The Morgan fingerprint density at radius 3 is 2.65 bits per heavy atom. The van der Waals surface area contributed by atoms with Crippen LogP contribution in [0, 0.1) is 30.6 Å². The molecule has 1 fully saturated rings. The maximum Gasteiger partial charge on any atom is 0.0991 e. The molecule has 0 amide bonds. The molecule has 1 saturated carbocycles. The summed E-state index contributed by atoms with van der Waals surface area (Å²) in [4.78, 5) is 0. The molecule has 2 nitrogen and oxygen atoms in total. The topological polar surface area (TPSA) is 33.0 Å². The van der Waals surface area contributed by atoms with Gasteiger partial charge in [0.15, 0.2) is 0 Å². The third kappa shape index (κ3) is 2.35. The molecule has 1 aromatic rings. The van der Waals surface area contributed by atoms with Crippen molar-refractivity contribution in [2.75, 3.05) is 7.11 Å². The summed E-state index contributed by atoms with van der Waals surface area (Å²) < 4.78 is 5.60. The molecule has 2 rings (SSSR count). The van der Waals surface area contributed by atoms with E-state index in [9.17, 15) is 0 Å². The summed E-state index contributed by atoms with van der Waals surface area (Å²) in [5, 5.41) is 8.78. The molecule has 3 unspecified atom stereocenters. The lowest BCUT2D eigenvalue weighted by Crippen LogP contribution is -2.22. The maximum atomic E-state index is 8.78. The minimum atomic E-state index is 0.223. The number of methoxy groups -OCH3 is 1. The summed E-state index contributed by atoms with van der Waals surface area (Å²) in [5.74, 6) is 0.847. The quantitative estimate of drug-likeness (QED) is 0.795. The number of benzene rings is 1. The van der Waals surface area contributed by atoms with Crippen molar-refractivity contribution in [3.63, 3.8) is 0 Å². The van der Waals surface area contributed by atoms with Gasteiger partial charge in [-0.05, 0) is 42.9 Å². The number of nitriles is 1. The first kappa shape index (κ1) is 12.1. The SMILES string of the molecule is [CH2]CC1C[CH]C(c2ccc(C#N)cc2)C1OC. The molecule has 2 radical (unpaired) electrons. The van der Waals surface area contributed by atoms with Crippen LogP contribution in [0.15, 0.2) is 24.3 Å². The Bertz CT molecular complexity index is 404. The third-order valence-corrected chi connectivity index (χ3v) is 3.58. The lowest BCUT2D eigenvalue weighted by molar-refractivity contribution is 0.0609. The van der Waals surface area contributed by atoms with E-state index < -0.39 is 0 Å². The van der Waals surface area contributed by atoms with E-state index in [1.165, 1.54) is 5.56 Å². The van der Waals surface area contributed by atoms with Crippen molar-refractivity contribution >= 4 is 0 Å². The van der Waals surface area contributed by atoms with Gasteiger partial charge >= 0.3 is 0 Å². The van der Waals surface area contributed by atoms with Gasteiger partial charge in [0, 0.05) is 13.0 Å². The van der Waals surface area contributed by atoms with Crippen LogP contribution in [0.25, 0.3) is 0 Å². The Kier molecular flexibility index (Phi) is 3.81. The van der Waals surface area contributed by atoms with Crippen LogP contribution < -0.4 is 0 Å². The van der Waals surface area contributed by atoms with Crippen LogP contribution in [0.1, 0.15) is 29.9 Å². The highest BCUT2D eigenvalue weighted by molar-refractivity contribution is 5.35. The van der Waals surface area contributed by atoms with Gasteiger partial charge in [0.25, 0.3) is 0 Å². The van der Waals surface area contributed by atoms with Crippen LogP contribution in [0.5, 0.6) is 0 Å². The highest BCUT2D eigenvalue weighted by atomic mass is 16.5. The monoisotopic (exact) mass is 227 g/mol. The average Bonchev–Trinajstić information content (AvgIpc) is 2.81. The lowest BCUT2D eigenvalue weighted by atomic mass is 9.92. The number of rotatable bonds is 3. The molecular weight excluding hydrogens is 210 g/mol. The normalized spacial score (nSPS) is 27.9. The van der Waals surface area contributed by atoms with Gasteiger partial charge in [0.05, 0.1) is 17.7 Å². The summed E-state index contributed by atoms with van der Waals surface area (Å²) in [6, 6.07) is 9.93. The standard InChI is InChI=1S/C15H17NO/c1-3-12-8-9-14(15(12)17-2)13-6-4-11(10-16)5-7-13/h4-7,9,12,14-15H,1,3,8H2,2H3. The third-order valence-electron chi connectivity index (χ3n) is 3.58. The van der Waals surface area contributed by atoms with Crippen LogP contribution in [0.4, 0.5) is 0 Å². The van der Waals surface area contributed by atoms with Crippen molar-refractivity contribution in [2.45, 2.75) is 24.9 Å². The molecule has 1 aliphatic rings.